The largest absolute Gasteiger partial charge is 0.295 e. The van der Waals surface area contributed by atoms with E-state index >= 15 is 0 Å². The lowest BCUT2D eigenvalue weighted by molar-refractivity contribution is -0.115. The molecule has 0 aromatic carbocycles. The van der Waals surface area contributed by atoms with Crippen molar-refractivity contribution in [1.29, 1.82) is 0 Å². The molecule has 0 bridgehead atoms. The quantitative estimate of drug-likeness (QED) is 0.753. The van der Waals surface area contributed by atoms with Crippen LogP contribution in [-0.2, 0) is 11.2 Å². The van der Waals surface area contributed by atoms with Gasteiger partial charge in [-0.15, -0.1) is 11.3 Å². The van der Waals surface area contributed by atoms with E-state index in [1.807, 2.05) is 12.1 Å². The molecule has 1 aliphatic carbocycles. The summed E-state index contributed by atoms with van der Waals surface area (Å²) in [7, 11) is 0. The monoisotopic (exact) mass is 226 g/mol. The molecule has 74 valence electrons. The van der Waals surface area contributed by atoms with Crippen molar-refractivity contribution >= 4 is 28.7 Å². The van der Waals surface area contributed by atoms with Crippen LogP contribution >= 0.6 is 22.9 Å². The van der Waals surface area contributed by atoms with Crippen molar-refractivity contribution in [2.75, 3.05) is 0 Å². The molecular formula is C11H11ClOS. The zero-order chi connectivity index (χ0) is 9.97. The maximum atomic E-state index is 11.2. The van der Waals surface area contributed by atoms with Gasteiger partial charge in [-0.3, -0.25) is 4.79 Å². The number of allylic oxidation sites excluding steroid dienone is 2. The van der Waals surface area contributed by atoms with Crippen LogP contribution in [0.1, 0.15) is 24.1 Å². The second-order valence-electron chi connectivity index (χ2n) is 3.51. The fraction of sp³-hybridized carbons (Fsp3) is 0.364. The number of halogens is 1. The van der Waals surface area contributed by atoms with Crippen LogP contribution in [0.3, 0.4) is 0 Å². The molecule has 1 aromatic heterocycles. The minimum Gasteiger partial charge on any atom is -0.295 e. The molecule has 1 nitrogen and oxygen atoms in total. The molecule has 14 heavy (non-hydrogen) atoms. The van der Waals surface area contributed by atoms with Crippen LogP contribution in [0.4, 0.5) is 0 Å². The first kappa shape index (κ1) is 9.94. The average molecular weight is 227 g/mol. The first-order chi connectivity index (χ1) is 6.74. The SMILES string of the molecule is O=C1C=C(Cc2ccc(Cl)s2)CCC1. The number of carbonyl (C=O) groups is 1. The van der Waals surface area contributed by atoms with Crippen molar-refractivity contribution in [2.45, 2.75) is 25.7 Å². The molecule has 0 radical (unpaired) electrons. The van der Waals surface area contributed by atoms with E-state index < -0.39 is 0 Å². The summed E-state index contributed by atoms with van der Waals surface area (Å²) in [6.07, 6.45) is 5.47. The fourth-order valence-corrected chi connectivity index (χ4v) is 2.81. The smallest absolute Gasteiger partial charge is 0.155 e. The average Bonchev–Trinajstić information content (AvgIpc) is 2.51. The third-order valence-electron chi connectivity index (χ3n) is 2.32. The van der Waals surface area contributed by atoms with E-state index in [0.717, 1.165) is 23.6 Å². The van der Waals surface area contributed by atoms with Gasteiger partial charge in [0.2, 0.25) is 0 Å². The zero-order valence-corrected chi connectivity index (χ0v) is 9.33. The Morgan fingerprint density at radius 3 is 2.86 bits per heavy atom. The molecule has 0 unspecified atom stereocenters. The van der Waals surface area contributed by atoms with Crippen LogP contribution < -0.4 is 0 Å². The maximum absolute atomic E-state index is 11.2. The van der Waals surface area contributed by atoms with Crippen molar-refractivity contribution in [3.63, 3.8) is 0 Å². The summed E-state index contributed by atoms with van der Waals surface area (Å²) in [6.45, 7) is 0. The molecule has 0 amide bonds. The normalized spacial score (nSPS) is 16.9. The van der Waals surface area contributed by atoms with Gasteiger partial charge >= 0.3 is 0 Å². The summed E-state index contributed by atoms with van der Waals surface area (Å²) >= 11 is 7.43. The molecule has 0 N–H and O–H groups in total. The molecule has 0 saturated heterocycles. The van der Waals surface area contributed by atoms with Gasteiger partial charge in [-0.25, -0.2) is 0 Å². The van der Waals surface area contributed by atoms with Gasteiger partial charge in [-0.2, -0.15) is 0 Å². The van der Waals surface area contributed by atoms with Crippen LogP contribution in [0, 0.1) is 0 Å². The molecule has 0 saturated carbocycles. The summed E-state index contributed by atoms with van der Waals surface area (Å²) in [5, 5.41) is 0. The lowest BCUT2D eigenvalue weighted by atomic mass is 9.96. The predicted octanol–water partition coefficient (Wildman–Crippen LogP) is 3.62. The van der Waals surface area contributed by atoms with Gasteiger partial charge in [-0.05, 0) is 31.1 Å². The number of rotatable bonds is 2. The van der Waals surface area contributed by atoms with Gasteiger partial charge in [-0.1, -0.05) is 17.2 Å². The van der Waals surface area contributed by atoms with Gasteiger partial charge in [0, 0.05) is 17.7 Å². The molecular weight excluding hydrogens is 216 g/mol. The summed E-state index contributed by atoms with van der Waals surface area (Å²) in [4.78, 5) is 12.4. The number of hydrogen-bond donors (Lipinski definition) is 0. The molecule has 3 heteroatoms. The Hall–Kier alpha value is -0.600. The van der Waals surface area contributed by atoms with E-state index in [2.05, 4.69) is 0 Å². The molecule has 1 heterocycles. The minimum atomic E-state index is 0.272. The van der Waals surface area contributed by atoms with Crippen molar-refractivity contribution in [2.24, 2.45) is 0 Å². The molecule has 2 rings (SSSR count). The molecule has 1 aliphatic rings. The Kier molecular flexibility index (Phi) is 3.04. The number of hydrogen-bond acceptors (Lipinski definition) is 2. The summed E-state index contributed by atoms with van der Waals surface area (Å²) in [6, 6.07) is 3.94. The summed E-state index contributed by atoms with van der Waals surface area (Å²) < 4.78 is 0.822. The maximum Gasteiger partial charge on any atom is 0.155 e. The molecule has 1 aromatic rings. The van der Waals surface area contributed by atoms with Gasteiger partial charge in [0.25, 0.3) is 0 Å². The second-order valence-corrected chi connectivity index (χ2v) is 5.30. The van der Waals surface area contributed by atoms with Crippen molar-refractivity contribution < 1.29 is 4.79 Å². The van der Waals surface area contributed by atoms with E-state index in [1.54, 1.807) is 17.4 Å². The van der Waals surface area contributed by atoms with Gasteiger partial charge < -0.3 is 0 Å². The lowest BCUT2D eigenvalue weighted by Crippen LogP contribution is -2.03. The second kappa shape index (κ2) is 4.28. The van der Waals surface area contributed by atoms with Crippen molar-refractivity contribution in [1.82, 2.24) is 0 Å². The highest BCUT2D eigenvalue weighted by molar-refractivity contribution is 7.16. The first-order valence-corrected chi connectivity index (χ1v) is 5.90. The summed E-state index contributed by atoms with van der Waals surface area (Å²) in [5.41, 5.74) is 1.25. The van der Waals surface area contributed by atoms with Crippen molar-refractivity contribution in [3.8, 4) is 0 Å². The van der Waals surface area contributed by atoms with Gasteiger partial charge in [0.15, 0.2) is 5.78 Å². The molecule has 0 atom stereocenters. The van der Waals surface area contributed by atoms with Crippen LogP contribution in [0.25, 0.3) is 0 Å². The number of carbonyl (C=O) groups excluding carboxylic acids is 1. The Morgan fingerprint density at radius 1 is 1.36 bits per heavy atom. The lowest BCUT2D eigenvalue weighted by Gasteiger charge is -2.10. The highest BCUT2D eigenvalue weighted by Crippen LogP contribution is 2.26. The number of ketones is 1. The van der Waals surface area contributed by atoms with Gasteiger partial charge in [0.1, 0.15) is 0 Å². The highest BCUT2D eigenvalue weighted by atomic mass is 35.5. The van der Waals surface area contributed by atoms with Crippen molar-refractivity contribution in [3.05, 3.63) is 33.0 Å². The van der Waals surface area contributed by atoms with E-state index in [-0.39, 0.29) is 5.78 Å². The Balaban J connectivity index is 2.07. The van der Waals surface area contributed by atoms with E-state index in [0.29, 0.717) is 6.42 Å². The molecule has 0 spiro atoms. The Labute approximate surface area is 92.4 Å². The Morgan fingerprint density at radius 2 is 2.21 bits per heavy atom. The van der Waals surface area contributed by atoms with Crippen LogP contribution in [0.2, 0.25) is 4.34 Å². The third-order valence-corrected chi connectivity index (χ3v) is 3.55. The van der Waals surface area contributed by atoms with Crippen LogP contribution in [-0.4, -0.2) is 5.78 Å². The van der Waals surface area contributed by atoms with E-state index in [9.17, 15) is 4.79 Å². The number of thiophene rings is 1. The van der Waals surface area contributed by atoms with E-state index in [1.165, 1.54) is 10.5 Å². The standard InChI is InChI=1S/C11H11ClOS/c12-11-5-4-10(14-11)7-8-2-1-3-9(13)6-8/h4-6H,1-3,7H2. The highest BCUT2D eigenvalue weighted by Gasteiger charge is 2.10. The topological polar surface area (TPSA) is 17.1 Å². The van der Waals surface area contributed by atoms with Crippen LogP contribution in [0.15, 0.2) is 23.8 Å². The minimum absolute atomic E-state index is 0.272. The summed E-state index contributed by atoms with van der Waals surface area (Å²) in [5.74, 6) is 0.272. The van der Waals surface area contributed by atoms with Gasteiger partial charge in [0.05, 0.1) is 4.34 Å². The third kappa shape index (κ3) is 2.46. The molecule has 0 fully saturated rings. The first-order valence-electron chi connectivity index (χ1n) is 4.70. The fourth-order valence-electron chi connectivity index (χ4n) is 1.67. The zero-order valence-electron chi connectivity index (χ0n) is 7.75. The predicted molar refractivity (Wildman–Crippen MR) is 60.0 cm³/mol. The van der Waals surface area contributed by atoms with E-state index in [4.69, 9.17) is 11.6 Å². The Bertz CT molecular complexity index is 378. The van der Waals surface area contributed by atoms with Crippen LogP contribution in [0.5, 0.6) is 0 Å². The molecule has 0 aliphatic heterocycles.